The number of nitrogens with zero attached hydrogens (tertiary/aromatic N) is 3. The Morgan fingerprint density at radius 3 is 2.06 bits per heavy atom. The van der Waals surface area contributed by atoms with E-state index in [9.17, 15) is 26.3 Å². The van der Waals surface area contributed by atoms with E-state index in [-0.39, 0.29) is 6.04 Å². The SMILES string of the molecule is COc1cc(OC)c(-c2cn3ccc(NC4CCC(N)C(Cc5ccc(N(C)C)cc5)C4)cc3n2)cc1Cl.O=C(O)C(F)(F)F.O=C(O)C(F)(F)F. The smallest absolute Gasteiger partial charge is 0.490 e. The molecule has 4 aromatic rings. The lowest BCUT2D eigenvalue weighted by molar-refractivity contribution is -0.193. The largest absolute Gasteiger partial charge is 0.496 e. The van der Waals surface area contributed by atoms with Gasteiger partial charge < -0.3 is 40.0 Å². The summed E-state index contributed by atoms with van der Waals surface area (Å²) in [6.07, 6.45) is -2.03. The Kier molecular flexibility index (Phi) is 14.0. The number of halogens is 7. The van der Waals surface area contributed by atoms with Crippen molar-refractivity contribution in [1.82, 2.24) is 9.38 Å². The van der Waals surface area contributed by atoms with Crippen molar-refractivity contribution in [3.63, 3.8) is 0 Å². The molecule has 0 aliphatic heterocycles. The zero-order valence-corrected chi connectivity index (χ0v) is 29.2. The van der Waals surface area contributed by atoms with E-state index in [1.165, 1.54) is 11.3 Å². The number of fused-ring (bicyclic) bond motifs is 1. The molecule has 5 rings (SSSR count). The molecule has 0 radical (unpaired) electrons. The molecule has 18 heteroatoms. The van der Waals surface area contributed by atoms with Crippen molar-refractivity contribution in [2.24, 2.45) is 11.7 Å². The van der Waals surface area contributed by atoms with Crippen LogP contribution in [-0.4, -0.2) is 84.3 Å². The van der Waals surface area contributed by atoms with Crippen LogP contribution in [0.1, 0.15) is 24.8 Å². The van der Waals surface area contributed by atoms with E-state index in [1.54, 1.807) is 20.3 Å². The van der Waals surface area contributed by atoms with Crippen molar-refractivity contribution < 1.29 is 55.6 Å². The van der Waals surface area contributed by atoms with Crippen molar-refractivity contribution in [2.45, 2.75) is 50.1 Å². The predicted molar refractivity (Wildman–Crippen MR) is 183 cm³/mol. The van der Waals surface area contributed by atoms with Gasteiger partial charge in [0.05, 0.1) is 24.9 Å². The van der Waals surface area contributed by atoms with Crippen molar-refractivity contribution in [3.8, 4) is 22.8 Å². The first kappa shape index (κ1) is 41.5. The van der Waals surface area contributed by atoms with E-state index in [2.05, 4.69) is 60.7 Å². The standard InChI is InChI=1S/C30H36ClN5O2.2C2HF3O2/c1-35(2)23-8-5-19(6-9-23)13-20-14-21(7-10-26(20)32)33-22-11-12-36-18-27(34-30(36)15-22)24-16-25(31)29(38-4)17-28(24)37-3;2*3-2(4,5)1(6)7/h5-6,8-9,11-12,15-18,20-21,26,33H,7,10,13-14,32H2,1-4H3;2*(H,6,7). The molecule has 284 valence electrons. The van der Waals surface area contributed by atoms with E-state index in [1.807, 2.05) is 22.9 Å². The summed E-state index contributed by atoms with van der Waals surface area (Å²) in [5, 5.41) is 18.5. The molecule has 5 N–H and O–H groups in total. The number of hydrogen-bond acceptors (Lipinski definition) is 8. The summed E-state index contributed by atoms with van der Waals surface area (Å²) in [4.78, 5) is 24.8. The Bertz CT molecular complexity index is 1790. The van der Waals surface area contributed by atoms with Gasteiger partial charge in [-0.25, -0.2) is 14.6 Å². The van der Waals surface area contributed by atoms with Gasteiger partial charge in [-0.3, -0.25) is 0 Å². The van der Waals surface area contributed by atoms with Crippen molar-refractivity contribution in [2.75, 3.05) is 38.5 Å². The lowest BCUT2D eigenvalue weighted by Gasteiger charge is -2.35. The van der Waals surface area contributed by atoms with Crippen LogP contribution >= 0.6 is 11.6 Å². The number of nitrogens with one attached hydrogen (secondary N) is 1. The Morgan fingerprint density at radius 2 is 1.54 bits per heavy atom. The zero-order chi connectivity index (χ0) is 39.0. The monoisotopic (exact) mass is 761 g/mol. The first-order valence-corrected chi connectivity index (χ1v) is 15.9. The quantitative estimate of drug-likeness (QED) is 0.136. The molecule has 52 heavy (non-hydrogen) atoms. The molecule has 0 bridgehead atoms. The average Bonchev–Trinajstić information content (AvgIpc) is 3.49. The predicted octanol–water partition coefficient (Wildman–Crippen LogP) is 7.16. The van der Waals surface area contributed by atoms with Gasteiger partial charge in [-0.15, -0.1) is 0 Å². The fourth-order valence-electron chi connectivity index (χ4n) is 5.38. The summed E-state index contributed by atoms with van der Waals surface area (Å²) >= 11 is 6.40. The highest BCUT2D eigenvalue weighted by Gasteiger charge is 2.39. The molecular weight excluding hydrogens is 724 g/mol. The van der Waals surface area contributed by atoms with Crippen LogP contribution in [-0.2, 0) is 16.0 Å². The molecule has 3 atom stereocenters. The van der Waals surface area contributed by atoms with Crippen molar-refractivity contribution in [3.05, 3.63) is 71.5 Å². The van der Waals surface area contributed by atoms with E-state index in [0.29, 0.717) is 28.5 Å². The number of ether oxygens (including phenoxy) is 2. The highest BCUT2D eigenvalue weighted by molar-refractivity contribution is 6.32. The maximum Gasteiger partial charge on any atom is 0.490 e. The van der Waals surface area contributed by atoms with E-state index in [0.717, 1.165) is 48.3 Å². The number of carbonyl (C=O) groups is 2. The van der Waals surface area contributed by atoms with E-state index in [4.69, 9.17) is 51.6 Å². The Balaban J connectivity index is 0.000000441. The summed E-state index contributed by atoms with van der Waals surface area (Å²) in [6, 6.07) is 17.2. The second-order valence-electron chi connectivity index (χ2n) is 11.9. The number of imidazole rings is 1. The zero-order valence-electron chi connectivity index (χ0n) is 28.4. The number of pyridine rings is 1. The van der Waals surface area contributed by atoms with E-state index >= 15 is 0 Å². The third kappa shape index (κ3) is 11.6. The van der Waals surface area contributed by atoms with Crippen LogP contribution in [0.3, 0.4) is 0 Å². The molecule has 0 saturated heterocycles. The molecule has 0 amide bonds. The molecule has 2 aromatic heterocycles. The van der Waals surface area contributed by atoms with Gasteiger partial charge in [0.25, 0.3) is 0 Å². The number of anilines is 2. The number of nitrogens with two attached hydrogens (primary N) is 1. The molecule has 1 aliphatic rings. The van der Waals surface area contributed by atoms with Crippen LogP contribution in [0.2, 0.25) is 5.02 Å². The van der Waals surface area contributed by atoms with Gasteiger partial charge in [-0.2, -0.15) is 26.3 Å². The minimum atomic E-state index is -5.08. The van der Waals surface area contributed by atoms with Gasteiger partial charge >= 0.3 is 24.3 Å². The molecule has 1 aliphatic carbocycles. The number of carboxylic acid groups (broad SMARTS) is 2. The number of hydrogen-bond donors (Lipinski definition) is 4. The van der Waals surface area contributed by atoms with Crippen molar-refractivity contribution in [1.29, 1.82) is 0 Å². The molecule has 1 saturated carbocycles. The Labute approximate surface area is 299 Å². The number of rotatable bonds is 8. The molecule has 1 fully saturated rings. The van der Waals surface area contributed by atoms with Gasteiger partial charge in [0, 0.05) is 67.6 Å². The molecule has 2 aromatic carbocycles. The van der Waals surface area contributed by atoms with Crippen LogP contribution < -0.4 is 25.4 Å². The number of aliphatic carboxylic acids is 2. The summed E-state index contributed by atoms with van der Waals surface area (Å²) in [6.45, 7) is 0. The molecule has 3 unspecified atom stereocenters. The first-order chi connectivity index (χ1) is 24.2. The van der Waals surface area contributed by atoms with Crippen LogP contribution in [0.5, 0.6) is 11.5 Å². The van der Waals surface area contributed by atoms with Crippen LogP contribution in [0.15, 0.2) is 60.9 Å². The summed E-state index contributed by atoms with van der Waals surface area (Å²) in [7, 11) is 7.35. The minimum Gasteiger partial charge on any atom is -0.496 e. The Hall–Kier alpha value is -4.90. The summed E-state index contributed by atoms with van der Waals surface area (Å²) in [5.74, 6) is -3.84. The highest BCUT2D eigenvalue weighted by atomic mass is 35.5. The van der Waals surface area contributed by atoms with Crippen LogP contribution in [0.4, 0.5) is 37.7 Å². The topological polar surface area (TPSA) is 152 Å². The number of methoxy groups -OCH3 is 2. The summed E-state index contributed by atoms with van der Waals surface area (Å²) < 4.78 is 76.4. The molecule has 0 spiro atoms. The number of carboxylic acids is 2. The average molecular weight is 762 g/mol. The lowest BCUT2D eigenvalue weighted by Crippen LogP contribution is -2.41. The van der Waals surface area contributed by atoms with Crippen LogP contribution in [0, 0.1) is 5.92 Å². The maximum absolute atomic E-state index is 10.6. The third-order valence-electron chi connectivity index (χ3n) is 8.06. The lowest BCUT2D eigenvalue weighted by atomic mass is 9.78. The Morgan fingerprint density at radius 1 is 0.962 bits per heavy atom. The minimum absolute atomic E-state index is 0.227. The molecule has 11 nitrogen and oxygen atoms in total. The fourth-order valence-corrected chi connectivity index (χ4v) is 5.62. The van der Waals surface area contributed by atoms with Crippen molar-refractivity contribution >= 4 is 40.6 Å². The second kappa shape index (κ2) is 17.5. The van der Waals surface area contributed by atoms with Gasteiger partial charge in [0.15, 0.2) is 0 Å². The van der Waals surface area contributed by atoms with E-state index < -0.39 is 24.3 Å². The number of aromatic nitrogens is 2. The molecular formula is C34H38ClF6N5O6. The highest BCUT2D eigenvalue weighted by Crippen LogP contribution is 2.38. The number of benzene rings is 2. The number of alkyl halides is 6. The second-order valence-corrected chi connectivity index (χ2v) is 12.4. The van der Waals surface area contributed by atoms with Gasteiger partial charge in [0.2, 0.25) is 0 Å². The maximum atomic E-state index is 10.6. The van der Waals surface area contributed by atoms with Crippen LogP contribution in [0.25, 0.3) is 16.9 Å². The third-order valence-corrected chi connectivity index (χ3v) is 8.35. The normalized spacial score (nSPS) is 17.2. The first-order valence-electron chi connectivity index (χ1n) is 15.5. The van der Waals surface area contributed by atoms with Gasteiger partial charge in [-0.1, -0.05) is 23.7 Å². The van der Waals surface area contributed by atoms with Gasteiger partial charge in [-0.05, 0) is 61.4 Å². The van der Waals surface area contributed by atoms with Gasteiger partial charge in [0.1, 0.15) is 17.1 Å². The fraction of sp³-hybridized carbons (Fsp3) is 0.382. The molecule has 2 heterocycles. The summed E-state index contributed by atoms with van der Waals surface area (Å²) in [5.41, 5.74) is 12.6.